The van der Waals surface area contributed by atoms with E-state index in [-0.39, 0.29) is 4.47 Å². The van der Waals surface area contributed by atoms with Crippen LogP contribution >= 0.6 is 15.9 Å². The van der Waals surface area contributed by atoms with Crippen molar-refractivity contribution in [3.05, 3.63) is 32.7 Å². The molecule has 0 aliphatic carbocycles. The van der Waals surface area contributed by atoms with Gasteiger partial charge in [0.05, 0.1) is 7.11 Å². The third-order valence-electron chi connectivity index (χ3n) is 1.89. The van der Waals surface area contributed by atoms with Crippen LogP contribution in [-0.2, 0) is 22.3 Å². The average Bonchev–Trinajstić information content (AvgIpc) is 2.21. The molecule has 0 amide bonds. The maximum absolute atomic E-state index is 12.5. The summed E-state index contributed by atoms with van der Waals surface area (Å²) in [5, 5.41) is 0. The molecule has 0 bridgehead atoms. The fourth-order valence-electron chi connectivity index (χ4n) is 1.12. The Labute approximate surface area is 102 Å². The lowest BCUT2D eigenvalue weighted by molar-refractivity contribution is -0.143. The maximum Gasteiger partial charge on any atom is 0.421 e. The smallest absolute Gasteiger partial charge is 0.421 e. The van der Waals surface area contributed by atoms with Crippen LogP contribution in [0, 0.1) is 0 Å². The van der Waals surface area contributed by atoms with Crippen molar-refractivity contribution >= 4 is 21.9 Å². The lowest BCUT2D eigenvalue weighted by Crippen LogP contribution is -2.30. The molecule has 0 radical (unpaired) electrons. The van der Waals surface area contributed by atoms with Crippen LogP contribution in [0.15, 0.2) is 21.5 Å². The molecule has 1 rings (SSSR count). The topological polar surface area (TPSA) is 48.3 Å². The van der Waals surface area contributed by atoms with Crippen molar-refractivity contribution in [3.8, 4) is 0 Å². The van der Waals surface area contributed by atoms with Crippen molar-refractivity contribution in [3.63, 3.8) is 0 Å². The van der Waals surface area contributed by atoms with Crippen molar-refractivity contribution < 1.29 is 22.7 Å². The van der Waals surface area contributed by atoms with E-state index in [4.69, 9.17) is 0 Å². The van der Waals surface area contributed by atoms with Gasteiger partial charge in [0.2, 0.25) is 0 Å². The molecule has 8 heteroatoms. The predicted octanol–water partition coefficient (Wildman–Crippen LogP) is 1.80. The third-order valence-corrected chi connectivity index (χ3v) is 2.32. The Kier molecular flexibility index (Phi) is 3.97. The first-order valence-corrected chi connectivity index (χ1v) is 5.09. The Hall–Kier alpha value is -1.31. The summed E-state index contributed by atoms with van der Waals surface area (Å²) < 4.78 is 42.4. The number of hydrogen-bond acceptors (Lipinski definition) is 3. The Morgan fingerprint density at radius 2 is 2.12 bits per heavy atom. The van der Waals surface area contributed by atoms with Gasteiger partial charge in [-0.3, -0.25) is 9.59 Å². The first-order valence-electron chi connectivity index (χ1n) is 4.29. The first-order chi connectivity index (χ1) is 7.75. The number of alkyl halides is 3. The predicted molar refractivity (Wildman–Crippen MR) is 55.4 cm³/mol. The van der Waals surface area contributed by atoms with E-state index in [0.717, 1.165) is 13.3 Å². The molecule has 0 fully saturated rings. The highest BCUT2D eigenvalue weighted by Crippen LogP contribution is 2.28. The highest BCUT2D eigenvalue weighted by atomic mass is 79.9. The van der Waals surface area contributed by atoms with Crippen LogP contribution in [0.25, 0.3) is 0 Å². The zero-order valence-corrected chi connectivity index (χ0v) is 10.1. The molecule has 0 saturated heterocycles. The number of halogens is 4. The number of carbonyl (C=O) groups is 1. The van der Waals surface area contributed by atoms with Crippen LogP contribution in [0.4, 0.5) is 13.2 Å². The van der Waals surface area contributed by atoms with Gasteiger partial charge in [-0.1, -0.05) is 0 Å². The molecular weight excluding hydrogens is 307 g/mol. The van der Waals surface area contributed by atoms with Crippen molar-refractivity contribution in [1.82, 2.24) is 4.57 Å². The Morgan fingerprint density at radius 1 is 1.53 bits per heavy atom. The second-order valence-corrected chi connectivity index (χ2v) is 3.99. The van der Waals surface area contributed by atoms with Gasteiger partial charge in [-0.05, 0) is 22.0 Å². The minimum absolute atomic E-state index is 0.0494. The molecule has 4 nitrogen and oxygen atoms in total. The van der Waals surface area contributed by atoms with E-state index in [1.807, 2.05) is 0 Å². The molecule has 17 heavy (non-hydrogen) atoms. The molecule has 0 unspecified atom stereocenters. The van der Waals surface area contributed by atoms with Gasteiger partial charge in [0.1, 0.15) is 12.1 Å². The summed E-state index contributed by atoms with van der Waals surface area (Å²) in [6, 6.07) is 0.663. The van der Waals surface area contributed by atoms with E-state index in [1.54, 1.807) is 0 Å². The van der Waals surface area contributed by atoms with Gasteiger partial charge in [-0.15, -0.1) is 0 Å². The summed E-state index contributed by atoms with van der Waals surface area (Å²) in [6.07, 6.45) is -3.67. The largest absolute Gasteiger partial charge is 0.468 e. The molecule has 0 spiro atoms. The quantitative estimate of drug-likeness (QED) is 0.782. The van der Waals surface area contributed by atoms with Crippen molar-refractivity contribution in [2.24, 2.45) is 0 Å². The average molecular weight is 314 g/mol. The third kappa shape index (κ3) is 3.32. The number of esters is 1. The summed E-state index contributed by atoms with van der Waals surface area (Å²) in [5.74, 6) is -0.807. The Morgan fingerprint density at radius 3 is 2.59 bits per heavy atom. The number of hydrogen-bond donors (Lipinski definition) is 0. The molecular formula is C9H7BrF3NO3. The monoisotopic (exact) mass is 313 g/mol. The second-order valence-electron chi connectivity index (χ2n) is 3.08. The minimum atomic E-state index is -4.77. The number of carbonyl (C=O) groups excluding carboxylic acids is 1. The van der Waals surface area contributed by atoms with Gasteiger partial charge >= 0.3 is 12.1 Å². The molecule has 1 aromatic heterocycles. The molecule has 0 atom stereocenters. The van der Waals surface area contributed by atoms with Crippen LogP contribution in [0.5, 0.6) is 0 Å². The minimum Gasteiger partial charge on any atom is -0.468 e. The molecule has 0 N–H and O–H groups in total. The van der Waals surface area contributed by atoms with Crippen molar-refractivity contribution in [2.45, 2.75) is 12.7 Å². The van der Waals surface area contributed by atoms with E-state index in [9.17, 15) is 22.8 Å². The van der Waals surface area contributed by atoms with Gasteiger partial charge in [0.15, 0.2) is 0 Å². The second kappa shape index (κ2) is 4.91. The van der Waals surface area contributed by atoms with Gasteiger partial charge in [0.25, 0.3) is 5.56 Å². The van der Waals surface area contributed by atoms with E-state index in [0.29, 0.717) is 10.6 Å². The lowest BCUT2D eigenvalue weighted by atomic mass is 10.2. The summed E-state index contributed by atoms with van der Waals surface area (Å²) in [7, 11) is 1.08. The maximum atomic E-state index is 12.5. The zero-order valence-electron chi connectivity index (χ0n) is 8.55. The summed E-state index contributed by atoms with van der Waals surface area (Å²) >= 11 is 2.84. The van der Waals surface area contributed by atoms with Crippen LogP contribution in [0.1, 0.15) is 5.56 Å². The van der Waals surface area contributed by atoms with Crippen LogP contribution in [0.2, 0.25) is 0 Å². The fraction of sp³-hybridized carbons (Fsp3) is 0.333. The highest BCUT2D eigenvalue weighted by Gasteiger charge is 2.35. The van der Waals surface area contributed by atoms with E-state index in [1.165, 1.54) is 0 Å². The fourth-order valence-corrected chi connectivity index (χ4v) is 1.60. The van der Waals surface area contributed by atoms with E-state index < -0.39 is 29.8 Å². The summed E-state index contributed by atoms with van der Waals surface area (Å²) in [5.41, 5.74) is -2.62. The van der Waals surface area contributed by atoms with Gasteiger partial charge in [-0.2, -0.15) is 13.2 Å². The van der Waals surface area contributed by atoms with E-state index in [2.05, 4.69) is 20.7 Å². The number of rotatable bonds is 2. The molecule has 0 aliphatic heterocycles. The molecule has 0 aromatic carbocycles. The number of ether oxygens (including phenoxy) is 1. The first kappa shape index (κ1) is 13.8. The Bertz CT molecular complexity index is 495. The standard InChI is InChI=1S/C9H7BrF3NO3/c1-17-7(15)4-14-3-5(10)2-6(8(14)16)9(11,12)13/h2-3H,4H2,1H3. The molecule has 94 valence electrons. The molecule has 1 heterocycles. The van der Waals surface area contributed by atoms with Crippen LogP contribution in [-0.4, -0.2) is 17.6 Å². The lowest BCUT2D eigenvalue weighted by Gasteiger charge is -2.10. The van der Waals surface area contributed by atoms with E-state index >= 15 is 0 Å². The number of nitrogens with zero attached hydrogens (tertiary/aromatic N) is 1. The highest BCUT2D eigenvalue weighted by molar-refractivity contribution is 9.10. The van der Waals surface area contributed by atoms with Gasteiger partial charge in [0, 0.05) is 10.7 Å². The van der Waals surface area contributed by atoms with Crippen molar-refractivity contribution in [2.75, 3.05) is 7.11 Å². The normalized spacial score (nSPS) is 11.4. The number of methoxy groups -OCH3 is 1. The van der Waals surface area contributed by atoms with Crippen LogP contribution < -0.4 is 5.56 Å². The SMILES string of the molecule is COC(=O)Cn1cc(Br)cc(C(F)(F)F)c1=O. The number of pyridine rings is 1. The van der Waals surface area contributed by atoms with Crippen molar-refractivity contribution in [1.29, 1.82) is 0 Å². The Balaban J connectivity index is 3.29. The van der Waals surface area contributed by atoms with Crippen LogP contribution in [0.3, 0.4) is 0 Å². The zero-order chi connectivity index (χ0) is 13.2. The molecule has 1 aromatic rings. The molecule has 0 aliphatic rings. The van der Waals surface area contributed by atoms with Gasteiger partial charge in [-0.25, -0.2) is 0 Å². The number of aromatic nitrogens is 1. The summed E-state index contributed by atoms with van der Waals surface area (Å²) in [4.78, 5) is 22.4. The summed E-state index contributed by atoms with van der Waals surface area (Å²) in [6.45, 7) is -0.572. The molecule has 0 saturated carbocycles. The van der Waals surface area contributed by atoms with Gasteiger partial charge < -0.3 is 9.30 Å².